The third kappa shape index (κ3) is 7.47. The van der Waals surface area contributed by atoms with Gasteiger partial charge in [0.2, 0.25) is 11.8 Å². The fourth-order valence-corrected chi connectivity index (χ4v) is 13.7. The lowest BCUT2D eigenvalue weighted by Crippen LogP contribution is -2.66. The molecular formula is C45H70N6O8. The number of aliphatic hydroxyl groups excluding tert-OH is 1. The number of aliphatic hydroxyl groups is 1. The van der Waals surface area contributed by atoms with Crippen LogP contribution in [0.2, 0.25) is 0 Å². The summed E-state index contributed by atoms with van der Waals surface area (Å²) in [6.07, 6.45) is 15.9. The van der Waals surface area contributed by atoms with E-state index in [0.29, 0.717) is 70.4 Å². The van der Waals surface area contributed by atoms with Crippen molar-refractivity contribution in [2.24, 2.45) is 29.1 Å². The quantitative estimate of drug-likeness (QED) is 0.239. The Morgan fingerprint density at radius 1 is 0.780 bits per heavy atom. The molecule has 4 saturated heterocycles. The van der Waals surface area contributed by atoms with Gasteiger partial charge in [0, 0.05) is 45.0 Å². The summed E-state index contributed by atoms with van der Waals surface area (Å²) >= 11 is 0. The minimum Gasteiger partial charge on any atom is -0.459 e. The maximum atomic E-state index is 16.2. The molecule has 14 heteroatoms. The van der Waals surface area contributed by atoms with Gasteiger partial charge in [-0.2, -0.15) is 0 Å². The number of piperazine rings is 1. The van der Waals surface area contributed by atoms with Gasteiger partial charge in [-0.3, -0.25) is 34.8 Å². The van der Waals surface area contributed by atoms with Crippen LogP contribution in [-0.2, 0) is 28.6 Å². The molecule has 3 N–H and O–H groups in total. The van der Waals surface area contributed by atoms with Crippen molar-refractivity contribution < 1.29 is 38.5 Å². The molecule has 9 aliphatic rings. The number of amides is 3. The van der Waals surface area contributed by atoms with Crippen molar-refractivity contribution in [1.82, 2.24) is 30.2 Å². The molecule has 9 rings (SSSR count). The van der Waals surface area contributed by atoms with Gasteiger partial charge in [0.25, 0.3) is 0 Å². The van der Waals surface area contributed by atoms with E-state index in [2.05, 4.69) is 20.4 Å². The van der Waals surface area contributed by atoms with E-state index < -0.39 is 41.5 Å². The van der Waals surface area contributed by atoms with Crippen LogP contribution in [-0.4, -0.2) is 145 Å². The lowest BCUT2D eigenvalue weighted by Gasteiger charge is -2.53. The first kappa shape index (κ1) is 41.7. The number of allylic oxidation sites excluding steroid dienone is 1. The van der Waals surface area contributed by atoms with Gasteiger partial charge in [-0.25, -0.2) is 9.69 Å². The first-order valence-electron chi connectivity index (χ1n) is 23.7. The van der Waals surface area contributed by atoms with E-state index in [0.717, 1.165) is 89.3 Å². The van der Waals surface area contributed by atoms with E-state index in [4.69, 9.17) is 14.2 Å². The average molecular weight is 823 g/mol. The maximum absolute atomic E-state index is 16.2. The van der Waals surface area contributed by atoms with Gasteiger partial charge in [-0.05, 0) is 120 Å². The van der Waals surface area contributed by atoms with E-state index in [1.54, 1.807) is 7.11 Å². The highest BCUT2D eigenvalue weighted by Gasteiger charge is 2.77. The second-order valence-electron chi connectivity index (χ2n) is 19.3. The Balaban J connectivity index is 1.20. The molecule has 3 saturated carbocycles. The van der Waals surface area contributed by atoms with Crippen molar-refractivity contribution >= 4 is 23.9 Å². The van der Waals surface area contributed by atoms with Crippen LogP contribution >= 0.6 is 0 Å². The zero-order valence-corrected chi connectivity index (χ0v) is 35.5. The lowest BCUT2D eigenvalue weighted by molar-refractivity contribution is -0.191. The minimum atomic E-state index is -1.44. The Kier molecular flexibility index (Phi) is 12.7. The van der Waals surface area contributed by atoms with Crippen molar-refractivity contribution in [2.45, 2.75) is 159 Å². The molecule has 328 valence electrons. The average Bonchev–Trinajstić information content (AvgIpc) is 3.74. The summed E-state index contributed by atoms with van der Waals surface area (Å²) in [5.74, 6) is -1.55. The van der Waals surface area contributed by atoms with Crippen LogP contribution in [0.4, 0.5) is 4.79 Å². The van der Waals surface area contributed by atoms with Gasteiger partial charge in [0.15, 0.2) is 0 Å². The van der Waals surface area contributed by atoms with E-state index in [1.165, 1.54) is 17.7 Å². The number of morpholine rings is 1. The summed E-state index contributed by atoms with van der Waals surface area (Å²) in [4.78, 5) is 69.8. The second-order valence-corrected chi connectivity index (χ2v) is 19.3. The number of carbonyl (C=O) groups is 4. The van der Waals surface area contributed by atoms with Gasteiger partial charge in [-0.15, -0.1) is 0 Å². The normalized spacial score (nSPS) is 37.2. The highest BCUT2D eigenvalue weighted by molar-refractivity contribution is 6.07. The molecule has 5 heterocycles. The standard InChI is InChI=1S/C45H70N6O8/c1-57-27-28-58-44(56)50-34-16-9-8-15-33(34)45(42(50)55)35(40(53)48-23-25-49(26-24-48)43-46-21-10-22-47-43)37-41(54)59-38(30-13-6-3-7-14-30)36(29-11-4-2-5-12-29)51(37)39(45)31-17-19-32(52)20-18-31/h29-32,35-39,43,46-47,52H,2-28H2,1H3/t31?,32?,35-,36-,37-,38+,39+,45-/m1/s1. The maximum Gasteiger partial charge on any atom is 0.421 e. The third-order valence-electron chi connectivity index (χ3n) is 16.3. The Hall–Kier alpha value is -2.62. The van der Waals surface area contributed by atoms with Crippen LogP contribution in [0.15, 0.2) is 11.3 Å². The van der Waals surface area contributed by atoms with Crippen molar-refractivity contribution in [2.75, 3.05) is 59.6 Å². The molecule has 59 heavy (non-hydrogen) atoms. The van der Waals surface area contributed by atoms with Gasteiger partial charge >= 0.3 is 12.1 Å². The zero-order chi connectivity index (χ0) is 40.7. The number of imide groups is 1. The predicted octanol–water partition coefficient (Wildman–Crippen LogP) is 4.11. The highest BCUT2D eigenvalue weighted by atomic mass is 16.6. The topological polar surface area (TPSA) is 153 Å². The van der Waals surface area contributed by atoms with E-state index in [9.17, 15) is 9.90 Å². The van der Waals surface area contributed by atoms with Crippen molar-refractivity contribution in [3.63, 3.8) is 0 Å². The Morgan fingerprint density at radius 3 is 2.12 bits per heavy atom. The Bertz CT molecular complexity index is 1580. The summed E-state index contributed by atoms with van der Waals surface area (Å²) in [5, 5.41) is 18.1. The molecule has 1 spiro atoms. The molecule has 4 aliphatic carbocycles. The van der Waals surface area contributed by atoms with Crippen molar-refractivity contribution in [3.05, 3.63) is 11.3 Å². The van der Waals surface area contributed by atoms with Gasteiger partial charge < -0.3 is 24.2 Å². The summed E-state index contributed by atoms with van der Waals surface area (Å²) < 4.78 is 17.9. The minimum absolute atomic E-state index is 0.00388. The van der Waals surface area contributed by atoms with Gasteiger partial charge in [0.1, 0.15) is 30.5 Å². The number of fused-ring (bicyclic) bond motifs is 2. The molecule has 0 aromatic carbocycles. The number of nitrogens with zero attached hydrogens (tertiary/aromatic N) is 4. The van der Waals surface area contributed by atoms with Crippen molar-refractivity contribution in [3.8, 4) is 0 Å². The molecule has 6 atom stereocenters. The van der Waals surface area contributed by atoms with Crippen LogP contribution in [0.1, 0.15) is 122 Å². The molecule has 0 radical (unpaired) electrons. The van der Waals surface area contributed by atoms with Crippen LogP contribution in [0.5, 0.6) is 0 Å². The molecule has 0 bridgehead atoms. The largest absolute Gasteiger partial charge is 0.459 e. The number of hydrogen-bond acceptors (Lipinski definition) is 12. The van der Waals surface area contributed by atoms with Crippen molar-refractivity contribution in [1.29, 1.82) is 0 Å². The van der Waals surface area contributed by atoms with E-state index in [-0.39, 0.29) is 61.3 Å². The summed E-state index contributed by atoms with van der Waals surface area (Å²) in [6.45, 7) is 4.36. The number of cyclic esters (lactones) is 1. The summed E-state index contributed by atoms with van der Waals surface area (Å²) in [5.41, 5.74) is 0.106. The smallest absolute Gasteiger partial charge is 0.421 e. The van der Waals surface area contributed by atoms with Crippen LogP contribution in [0.25, 0.3) is 0 Å². The van der Waals surface area contributed by atoms with E-state index >= 15 is 14.4 Å². The molecule has 0 aromatic heterocycles. The third-order valence-corrected chi connectivity index (χ3v) is 16.3. The number of rotatable bonds is 8. The van der Waals surface area contributed by atoms with Gasteiger partial charge in [-0.1, -0.05) is 38.5 Å². The second kappa shape index (κ2) is 18.0. The monoisotopic (exact) mass is 823 g/mol. The number of ether oxygens (including phenoxy) is 3. The molecular weight excluding hydrogens is 753 g/mol. The number of methoxy groups -OCH3 is 1. The molecule has 0 aromatic rings. The molecule has 0 unspecified atom stereocenters. The number of esters is 1. The zero-order valence-electron chi connectivity index (χ0n) is 35.5. The summed E-state index contributed by atoms with van der Waals surface area (Å²) in [6, 6.07) is -1.57. The molecule has 3 amide bonds. The molecule has 7 fully saturated rings. The van der Waals surface area contributed by atoms with Crippen LogP contribution in [0.3, 0.4) is 0 Å². The first-order chi connectivity index (χ1) is 28.8. The van der Waals surface area contributed by atoms with Crippen LogP contribution < -0.4 is 10.6 Å². The number of nitrogens with one attached hydrogen (secondary N) is 2. The predicted molar refractivity (Wildman–Crippen MR) is 218 cm³/mol. The SMILES string of the molecule is COCCOC(=O)N1C(=O)[C@@]2(C3=C1CCCC3)[C@H](C1CCC(O)CC1)N1[C@H](C3CCCCC3)[C@H](C3CCCCC3)OC(=O)[C@H]1[C@@H]2C(=O)N1CCN(C2NCCCN2)CC1. The number of hydrogen-bond donors (Lipinski definition) is 3. The van der Waals surface area contributed by atoms with E-state index in [1.807, 2.05) is 4.90 Å². The van der Waals surface area contributed by atoms with Gasteiger partial charge in [0.05, 0.1) is 24.7 Å². The Labute approximate surface area is 350 Å². The summed E-state index contributed by atoms with van der Waals surface area (Å²) in [7, 11) is 1.55. The van der Waals surface area contributed by atoms with Crippen LogP contribution in [0, 0.1) is 29.1 Å². The fraction of sp³-hybridized carbons (Fsp3) is 0.867. The lowest BCUT2D eigenvalue weighted by atomic mass is 9.60. The molecule has 14 nitrogen and oxygen atoms in total. The number of carbonyl (C=O) groups excluding carboxylic acids is 4. The highest BCUT2D eigenvalue weighted by Crippen LogP contribution is 2.65. The Morgan fingerprint density at radius 2 is 1.44 bits per heavy atom. The fourth-order valence-electron chi connectivity index (χ4n) is 13.7. The first-order valence-corrected chi connectivity index (χ1v) is 23.7. The molecule has 5 aliphatic heterocycles.